The van der Waals surface area contributed by atoms with Gasteiger partial charge in [0.15, 0.2) is 11.9 Å². The van der Waals surface area contributed by atoms with E-state index in [9.17, 15) is 5.26 Å². The van der Waals surface area contributed by atoms with Crippen molar-refractivity contribution in [1.82, 2.24) is 0 Å². The van der Waals surface area contributed by atoms with Gasteiger partial charge in [-0.3, -0.25) is 0 Å². The van der Waals surface area contributed by atoms with E-state index in [4.69, 9.17) is 19.2 Å². The highest BCUT2D eigenvalue weighted by Crippen LogP contribution is 2.58. The second kappa shape index (κ2) is 3.91. The van der Waals surface area contributed by atoms with Crippen LogP contribution in [0.2, 0.25) is 0 Å². The lowest BCUT2D eigenvalue weighted by Crippen LogP contribution is -2.63. The third-order valence-corrected chi connectivity index (χ3v) is 4.75. The Hall–Kier alpha value is -0.670. The van der Waals surface area contributed by atoms with Crippen molar-refractivity contribution in [2.24, 2.45) is 5.41 Å². The maximum atomic E-state index is 9.72. The Kier molecular flexibility index (Phi) is 2.69. The van der Waals surface area contributed by atoms with Crippen molar-refractivity contribution in [3.05, 3.63) is 0 Å². The molecular formula is C13H19NO4. The molecule has 3 saturated heterocycles. The molecule has 100 valence electrons. The lowest BCUT2D eigenvalue weighted by atomic mass is 9.61. The number of ether oxygens (including phenoxy) is 2. The maximum absolute atomic E-state index is 9.72. The third kappa shape index (κ3) is 1.41. The molecule has 0 unspecified atom stereocenters. The van der Waals surface area contributed by atoms with Crippen LogP contribution in [0.5, 0.6) is 0 Å². The van der Waals surface area contributed by atoms with Gasteiger partial charge in [-0.15, -0.1) is 0 Å². The summed E-state index contributed by atoms with van der Waals surface area (Å²) in [6, 6.07) is 2.49. The minimum absolute atomic E-state index is 0.529. The van der Waals surface area contributed by atoms with Crippen LogP contribution in [0.1, 0.15) is 45.4 Å². The molecule has 1 aliphatic carbocycles. The van der Waals surface area contributed by atoms with E-state index in [2.05, 4.69) is 6.07 Å². The van der Waals surface area contributed by atoms with Gasteiger partial charge in [0.2, 0.25) is 5.79 Å². The molecule has 0 aromatic heterocycles. The molecule has 4 rings (SSSR count). The molecule has 0 aromatic carbocycles. The van der Waals surface area contributed by atoms with Crippen LogP contribution in [-0.2, 0) is 19.2 Å². The van der Waals surface area contributed by atoms with Crippen LogP contribution in [0.15, 0.2) is 0 Å². The number of rotatable bonds is 1. The molecular weight excluding hydrogens is 234 g/mol. The predicted molar refractivity (Wildman–Crippen MR) is 60.9 cm³/mol. The summed E-state index contributed by atoms with van der Waals surface area (Å²) in [4.78, 5) is 11.2. The summed E-state index contributed by atoms with van der Waals surface area (Å²) < 4.78 is 11.4. The first-order valence-electron chi connectivity index (χ1n) is 6.59. The Morgan fingerprint density at radius 2 is 1.94 bits per heavy atom. The first-order valence-corrected chi connectivity index (χ1v) is 6.59. The number of fused-ring (bicyclic) bond motifs is 3. The normalized spacial score (nSPS) is 51.3. The van der Waals surface area contributed by atoms with Gasteiger partial charge in [0.1, 0.15) is 0 Å². The summed E-state index contributed by atoms with van der Waals surface area (Å²) in [6.07, 6.45) is 4.49. The molecule has 4 aliphatic rings. The van der Waals surface area contributed by atoms with Gasteiger partial charge < -0.3 is 9.47 Å². The lowest BCUT2D eigenvalue weighted by Gasteiger charge is -2.52. The van der Waals surface area contributed by atoms with Crippen molar-refractivity contribution in [1.29, 1.82) is 5.26 Å². The van der Waals surface area contributed by atoms with Gasteiger partial charge in [-0.1, -0.05) is 12.8 Å². The van der Waals surface area contributed by atoms with Gasteiger partial charge in [-0.25, -0.2) is 9.78 Å². The molecule has 3 heterocycles. The zero-order valence-corrected chi connectivity index (χ0v) is 10.9. The van der Waals surface area contributed by atoms with Crippen molar-refractivity contribution in [3.8, 4) is 6.07 Å². The summed E-state index contributed by atoms with van der Waals surface area (Å²) >= 11 is 0. The second-order valence-corrected chi connectivity index (χ2v) is 5.78. The van der Waals surface area contributed by atoms with E-state index < -0.39 is 23.1 Å². The van der Waals surface area contributed by atoms with E-state index in [1.54, 1.807) is 7.11 Å². The first-order chi connectivity index (χ1) is 8.60. The van der Waals surface area contributed by atoms with E-state index in [1.807, 2.05) is 6.92 Å². The van der Waals surface area contributed by atoms with Crippen molar-refractivity contribution < 1.29 is 19.2 Å². The number of hydrogen-bond acceptors (Lipinski definition) is 5. The highest BCUT2D eigenvalue weighted by molar-refractivity contribution is 5.17. The highest BCUT2D eigenvalue weighted by Gasteiger charge is 2.67. The molecule has 1 spiro atoms. The number of nitrogens with zero attached hydrogens (tertiary/aromatic N) is 1. The average molecular weight is 253 g/mol. The highest BCUT2D eigenvalue weighted by atomic mass is 17.3. The third-order valence-electron chi connectivity index (χ3n) is 4.75. The number of methoxy groups -OCH3 is 1. The molecule has 5 heteroatoms. The molecule has 4 fully saturated rings. The van der Waals surface area contributed by atoms with Gasteiger partial charge in [0, 0.05) is 13.5 Å². The lowest BCUT2D eigenvalue weighted by molar-refractivity contribution is -0.551. The largest absolute Gasteiger partial charge is 0.353 e. The van der Waals surface area contributed by atoms with Crippen LogP contribution < -0.4 is 0 Å². The Bertz CT molecular complexity index is 395. The minimum atomic E-state index is -0.798. The van der Waals surface area contributed by atoms with Crippen LogP contribution in [0.25, 0.3) is 0 Å². The minimum Gasteiger partial charge on any atom is -0.353 e. The quantitative estimate of drug-likeness (QED) is 0.671. The number of nitriles is 1. The Labute approximate surface area is 107 Å². The standard InChI is InChI=1S/C13H19NO4/c1-11-7-8-12(9-14)5-3-4-6-13(12,18-17-11)10(15-2)16-11/h10H,3-8H2,1-2H3/t10-,11+,12+,13+/m0/s1. The predicted octanol–water partition coefficient (Wildman–Crippen LogP) is 2.27. The summed E-state index contributed by atoms with van der Waals surface area (Å²) in [7, 11) is 1.60. The molecule has 0 amide bonds. The van der Waals surface area contributed by atoms with E-state index in [0.29, 0.717) is 6.42 Å². The molecule has 4 atom stereocenters. The van der Waals surface area contributed by atoms with Gasteiger partial charge in [-0.05, 0) is 26.2 Å². The van der Waals surface area contributed by atoms with E-state index in [0.717, 1.165) is 32.1 Å². The Balaban J connectivity index is 2.10. The second-order valence-electron chi connectivity index (χ2n) is 5.78. The fourth-order valence-electron chi connectivity index (χ4n) is 3.60. The SMILES string of the molecule is CO[C@H]1O[C@@]2(C)CC[C@@]3(C#N)CCCC[C@@]13OO2. The zero-order valence-electron chi connectivity index (χ0n) is 10.9. The fraction of sp³-hybridized carbons (Fsp3) is 0.923. The smallest absolute Gasteiger partial charge is 0.201 e. The summed E-state index contributed by atoms with van der Waals surface area (Å²) in [5, 5.41) is 9.72. The maximum Gasteiger partial charge on any atom is 0.201 e. The van der Waals surface area contributed by atoms with Gasteiger partial charge >= 0.3 is 0 Å². The van der Waals surface area contributed by atoms with Gasteiger partial charge in [0.05, 0.1) is 11.5 Å². The zero-order chi connectivity index (χ0) is 12.9. The van der Waals surface area contributed by atoms with Crippen molar-refractivity contribution in [2.45, 2.75) is 63.1 Å². The van der Waals surface area contributed by atoms with Crippen molar-refractivity contribution in [2.75, 3.05) is 7.11 Å². The fourth-order valence-corrected chi connectivity index (χ4v) is 3.60. The molecule has 0 N–H and O–H groups in total. The van der Waals surface area contributed by atoms with Crippen LogP contribution in [-0.4, -0.2) is 24.8 Å². The molecule has 0 radical (unpaired) electrons. The van der Waals surface area contributed by atoms with Crippen molar-refractivity contribution >= 4 is 0 Å². The van der Waals surface area contributed by atoms with Crippen LogP contribution in [0.4, 0.5) is 0 Å². The van der Waals surface area contributed by atoms with Crippen molar-refractivity contribution in [3.63, 3.8) is 0 Å². The molecule has 3 aliphatic heterocycles. The van der Waals surface area contributed by atoms with Gasteiger partial charge in [-0.2, -0.15) is 5.26 Å². The molecule has 18 heavy (non-hydrogen) atoms. The summed E-state index contributed by atoms with van der Waals surface area (Å²) in [5.74, 6) is -0.798. The summed E-state index contributed by atoms with van der Waals surface area (Å²) in [6.45, 7) is 1.84. The van der Waals surface area contributed by atoms with Crippen LogP contribution in [0.3, 0.4) is 0 Å². The van der Waals surface area contributed by atoms with E-state index in [-0.39, 0.29) is 0 Å². The Morgan fingerprint density at radius 3 is 2.67 bits per heavy atom. The monoisotopic (exact) mass is 253 g/mol. The average Bonchev–Trinajstić information content (AvgIpc) is 2.60. The number of hydrogen-bond donors (Lipinski definition) is 0. The molecule has 2 bridgehead atoms. The van der Waals surface area contributed by atoms with E-state index in [1.165, 1.54) is 0 Å². The van der Waals surface area contributed by atoms with E-state index >= 15 is 0 Å². The molecule has 0 aromatic rings. The Morgan fingerprint density at radius 1 is 1.17 bits per heavy atom. The van der Waals surface area contributed by atoms with Gasteiger partial charge in [0.25, 0.3) is 0 Å². The molecule has 1 saturated carbocycles. The van der Waals surface area contributed by atoms with Crippen LogP contribution >= 0.6 is 0 Å². The summed E-state index contributed by atoms with van der Waals surface area (Å²) in [5.41, 5.74) is -1.33. The first kappa shape index (κ1) is 12.4. The van der Waals surface area contributed by atoms with Crippen LogP contribution in [0, 0.1) is 16.7 Å². The molecule has 5 nitrogen and oxygen atoms in total. The topological polar surface area (TPSA) is 60.7 Å².